The van der Waals surface area contributed by atoms with Crippen molar-refractivity contribution < 1.29 is 4.79 Å². The normalized spacial score (nSPS) is 23.2. The van der Waals surface area contributed by atoms with Crippen LogP contribution in [0.1, 0.15) is 31.4 Å². The quantitative estimate of drug-likeness (QED) is 0.761. The van der Waals surface area contributed by atoms with Crippen molar-refractivity contribution in [1.29, 1.82) is 0 Å². The average Bonchev–Trinajstić information content (AvgIpc) is 2.61. The first-order valence-electron chi connectivity index (χ1n) is 5.24. The topological polar surface area (TPSA) is 20.3 Å². The maximum Gasteiger partial charge on any atom is 0.224 e. The van der Waals surface area contributed by atoms with Gasteiger partial charge in [-0.2, -0.15) is 12.6 Å². The molecule has 80 valence electrons. The van der Waals surface area contributed by atoms with Crippen LogP contribution in [0, 0.1) is 0 Å². The molecule has 2 unspecified atom stereocenters. The third-order valence-corrected chi connectivity index (χ3v) is 3.09. The summed E-state index contributed by atoms with van der Waals surface area (Å²) in [5.41, 5.74) is 1.21. The Kier molecular flexibility index (Phi) is 3.00. The third-order valence-electron chi connectivity index (χ3n) is 2.84. The number of amides is 1. The van der Waals surface area contributed by atoms with Crippen LogP contribution in [0.3, 0.4) is 0 Å². The van der Waals surface area contributed by atoms with Gasteiger partial charge >= 0.3 is 0 Å². The van der Waals surface area contributed by atoms with Gasteiger partial charge in [-0.3, -0.25) is 4.79 Å². The van der Waals surface area contributed by atoms with Crippen molar-refractivity contribution in [1.82, 2.24) is 4.90 Å². The summed E-state index contributed by atoms with van der Waals surface area (Å²) in [4.78, 5) is 13.5. The minimum atomic E-state index is -0.00907. The van der Waals surface area contributed by atoms with Crippen molar-refractivity contribution in [3.63, 3.8) is 0 Å². The molecule has 1 amide bonds. The summed E-state index contributed by atoms with van der Waals surface area (Å²) >= 11 is 4.37. The molecule has 1 saturated heterocycles. The predicted octanol–water partition coefficient (Wildman–Crippen LogP) is 2.63. The second-order valence-corrected chi connectivity index (χ2v) is 4.65. The maximum absolute atomic E-state index is 11.7. The van der Waals surface area contributed by atoms with E-state index in [1.807, 2.05) is 30.0 Å². The summed E-state index contributed by atoms with van der Waals surface area (Å²) in [6, 6.07) is 10.4. The van der Waals surface area contributed by atoms with Gasteiger partial charge in [0.25, 0.3) is 0 Å². The van der Waals surface area contributed by atoms with Gasteiger partial charge in [0.05, 0.1) is 11.4 Å². The Hall–Kier alpha value is -0.960. The fraction of sp³-hybridized carbons (Fsp3) is 0.417. The second-order valence-electron chi connectivity index (χ2n) is 3.90. The number of hydrogen-bond donors (Lipinski definition) is 1. The lowest BCUT2D eigenvalue weighted by Crippen LogP contribution is -2.32. The lowest BCUT2D eigenvalue weighted by atomic mass is 10.1. The molecule has 0 radical (unpaired) electrons. The van der Waals surface area contributed by atoms with E-state index < -0.39 is 0 Å². The molecule has 1 aliphatic rings. The summed E-state index contributed by atoms with van der Waals surface area (Å²) in [6.45, 7) is 1.95. The molecule has 0 bridgehead atoms. The van der Waals surface area contributed by atoms with Crippen molar-refractivity contribution >= 4 is 18.5 Å². The molecule has 3 heteroatoms. The molecule has 0 saturated carbocycles. The molecule has 2 rings (SSSR count). The fourth-order valence-corrected chi connectivity index (χ4v) is 2.46. The number of likely N-dealkylation sites (tertiary alicyclic amines) is 1. The molecule has 1 heterocycles. The number of nitrogens with zero attached hydrogens (tertiary/aromatic N) is 1. The van der Waals surface area contributed by atoms with Crippen LogP contribution in [0.4, 0.5) is 0 Å². The predicted molar refractivity (Wildman–Crippen MR) is 63.7 cm³/mol. The zero-order chi connectivity index (χ0) is 10.8. The zero-order valence-electron chi connectivity index (χ0n) is 8.76. The Morgan fingerprint density at radius 1 is 1.40 bits per heavy atom. The zero-order valence-corrected chi connectivity index (χ0v) is 9.65. The van der Waals surface area contributed by atoms with Crippen LogP contribution in [0.15, 0.2) is 30.3 Å². The van der Waals surface area contributed by atoms with Gasteiger partial charge in [0.15, 0.2) is 0 Å². The SMILES string of the molecule is CC(S)N1C(=O)CCC1c1ccccc1. The van der Waals surface area contributed by atoms with Gasteiger partial charge in [-0.25, -0.2) is 0 Å². The Bertz CT molecular complexity index is 350. The Morgan fingerprint density at radius 2 is 2.07 bits per heavy atom. The van der Waals surface area contributed by atoms with Gasteiger partial charge in [0, 0.05) is 6.42 Å². The second kappa shape index (κ2) is 4.27. The standard InChI is InChI=1S/C12H15NOS/c1-9(15)13-11(7-8-12(13)14)10-5-3-2-4-6-10/h2-6,9,11,15H,7-8H2,1H3. The third kappa shape index (κ3) is 2.02. The van der Waals surface area contributed by atoms with Crippen LogP contribution in [0.5, 0.6) is 0 Å². The monoisotopic (exact) mass is 221 g/mol. The van der Waals surface area contributed by atoms with Gasteiger partial charge in [-0.05, 0) is 18.9 Å². The van der Waals surface area contributed by atoms with E-state index in [0.717, 1.165) is 6.42 Å². The number of carbonyl (C=O) groups excluding carboxylic acids is 1. The molecular formula is C12H15NOS. The van der Waals surface area contributed by atoms with Crippen LogP contribution in [0.25, 0.3) is 0 Å². The summed E-state index contributed by atoms with van der Waals surface area (Å²) in [7, 11) is 0. The number of thiol groups is 1. The summed E-state index contributed by atoms with van der Waals surface area (Å²) in [5, 5.41) is -0.00907. The molecule has 0 N–H and O–H groups in total. The summed E-state index contributed by atoms with van der Waals surface area (Å²) in [6.07, 6.45) is 1.55. The number of rotatable bonds is 2. The number of carbonyl (C=O) groups is 1. The van der Waals surface area contributed by atoms with Crippen LogP contribution in [0.2, 0.25) is 0 Å². The van der Waals surface area contributed by atoms with Crippen LogP contribution in [-0.2, 0) is 4.79 Å². The van der Waals surface area contributed by atoms with Crippen molar-refractivity contribution in [3.8, 4) is 0 Å². The Balaban J connectivity index is 2.26. The maximum atomic E-state index is 11.7. The molecule has 15 heavy (non-hydrogen) atoms. The highest BCUT2D eigenvalue weighted by atomic mass is 32.1. The Morgan fingerprint density at radius 3 is 2.67 bits per heavy atom. The number of hydrogen-bond acceptors (Lipinski definition) is 2. The molecule has 1 aromatic carbocycles. The fourth-order valence-electron chi connectivity index (χ4n) is 2.17. The molecule has 0 aromatic heterocycles. The van der Waals surface area contributed by atoms with E-state index in [0.29, 0.717) is 6.42 Å². The highest BCUT2D eigenvalue weighted by Gasteiger charge is 2.33. The summed E-state index contributed by atoms with van der Waals surface area (Å²) < 4.78 is 0. The Labute approximate surface area is 95.7 Å². The number of benzene rings is 1. The van der Waals surface area contributed by atoms with Gasteiger partial charge in [0.2, 0.25) is 5.91 Å². The van der Waals surface area contributed by atoms with Gasteiger partial charge < -0.3 is 4.90 Å². The van der Waals surface area contributed by atoms with E-state index in [9.17, 15) is 4.79 Å². The lowest BCUT2D eigenvalue weighted by molar-refractivity contribution is -0.129. The van der Waals surface area contributed by atoms with Gasteiger partial charge in [-0.15, -0.1) is 0 Å². The largest absolute Gasteiger partial charge is 0.324 e. The first kappa shape index (κ1) is 10.6. The van der Waals surface area contributed by atoms with Crippen molar-refractivity contribution in [2.45, 2.75) is 31.2 Å². The van der Waals surface area contributed by atoms with Crippen LogP contribution in [-0.4, -0.2) is 16.2 Å². The van der Waals surface area contributed by atoms with E-state index >= 15 is 0 Å². The van der Waals surface area contributed by atoms with Crippen molar-refractivity contribution in [2.24, 2.45) is 0 Å². The minimum absolute atomic E-state index is 0.00907. The highest BCUT2D eigenvalue weighted by molar-refractivity contribution is 7.80. The summed E-state index contributed by atoms with van der Waals surface area (Å²) in [5.74, 6) is 0.214. The molecule has 1 aromatic rings. The van der Waals surface area contributed by atoms with Gasteiger partial charge in [-0.1, -0.05) is 30.3 Å². The van der Waals surface area contributed by atoms with Crippen molar-refractivity contribution in [2.75, 3.05) is 0 Å². The molecular weight excluding hydrogens is 206 g/mol. The van der Waals surface area contributed by atoms with Crippen LogP contribution < -0.4 is 0 Å². The lowest BCUT2D eigenvalue weighted by Gasteiger charge is -2.28. The molecule has 2 atom stereocenters. The smallest absolute Gasteiger partial charge is 0.224 e. The first-order chi connectivity index (χ1) is 7.20. The van der Waals surface area contributed by atoms with Crippen LogP contribution >= 0.6 is 12.6 Å². The van der Waals surface area contributed by atoms with E-state index in [1.54, 1.807) is 0 Å². The molecule has 0 aliphatic carbocycles. The molecule has 1 fully saturated rings. The highest BCUT2D eigenvalue weighted by Crippen LogP contribution is 2.34. The molecule has 1 aliphatic heterocycles. The van der Waals surface area contributed by atoms with Crippen molar-refractivity contribution in [3.05, 3.63) is 35.9 Å². The van der Waals surface area contributed by atoms with E-state index in [1.165, 1.54) is 5.56 Å². The molecule has 0 spiro atoms. The molecule has 2 nitrogen and oxygen atoms in total. The minimum Gasteiger partial charge on any atom is -0.324 e. The van der Waals surface area contributed by atoms with E-state index in [-0.39, 0.29) is 17.3 Å². The van der Waals surface area contributed by atoms with Gasteiger partial charge in [0.1, 0.15) is 0 Å². The van der Waals surface area contributed by atoms with E-state index in [4.69, 9.17) is 0 Å². The van der Waals surface area contributed by atoms with E-state index in [2.05, 4.69) is 24.8 Å². The first-order valence-corrected chi connectivity index (χ1v) is 5.76. The average molecular weight is 221 g/mol.